The third-order valence-corrected chi connectivity index (χ3v) is 3.31. The van der Waals surface area contributed by atoms with Crippen LogP contribution in [0.4, 0.5) is 0 Å². The van der Waals surface area contributed by atoms with Gasteiger partial charge in [-0.15, -0.1) is 0 Å². The van der Waals surface area contributed by atoms with Crippen LogP contribution in [0.2, 0.25) is 0 Å². The predicted molar refractivity (Wildman–Crippen MR) is 68.7 cm³/mol. The largest absolute Gasteiger partial charge is 0.367 e. The molecule has 1 aromatic heterocycles. The lowest BCUT2D eigenvalue weighted by molar-refractivity contribution is 0.0998. The van der Waals surface area contributed by atoms with Gasteiger partial charge in [0.1, 0.15) is 5.03 Å². The normalized spacial score (nSPS) is 14.9. The minimum absolute atomic E-state index is 0.0155. The van der Waals surface area contributed by atoms with E-state index in [1.807, 2.05) is 0 Å². The molecule has 3 nitrogen and oxygen atoms in total. The van der Waals surface area contributed by atoms with Gasteiger partial charge in [0, 0.05) is 29.1 Å². The van der Waals surface area contributed by atoms with Crippen LogP contribution in [0.1, 0.15) is 26.3 Å². The van der Waals surface area contributed by atoms with Crippen molar-refractivity contribution in [2.75, 3.05) is 0 Å². The number of halogens is 1. The lowest BCUT2D eigenvalue weighted by Crippen LogP contribution is -2.18. The summed E-state index contributed by atoms with van der Waals surface area (Å²) < 4.78 is 0. The van der Waals surface area contributed by atoms with Gasteiger partial charge in [-0.25, -0.2) is 0 Å². The van der Waals surface area contributed by atoms with Gasteiger partial charge in [-0.05, 0) is 6.07 Å². The molecular weight excluding hydrogens is 250 g/mol. The summed E-state index contributed by atoms with van der Waals surface area (Å²) in [6, 6.07) is 8.43. The number of H-pyrrole nitrogens is 1. The molecule has 1 aromatic carbocycles. The fourth-order valence-electron chi connectivity index (χ4n) is 2.08. The zero-order valence-corrected chi connectivity index (χ0v) is 9.99. The number of fused-ring (bicyclic) bond motifs is 1. The fraction of sp³-hybridized carbons (Fsp3) is 0. The highest BCUT2D eigenvalue weighted by atomic mass is 35.5. The SMILES string of the molecule is O=C1C(Cl)=C(c2cc[nH]c2)C(=O)c2ccccc21. The first-order chi connectivity index (χ1) is 8.70. The summed E-state index contributed by atoms with van der Waals surface area (Å²) in [4.78, 5) is 27.3. The molecule has 1 heterocycles. The van der Waals surface area contributed by atoms with Gasteiger partial charge in [-0.2, -0.15) is 0 Å². The van der Waals surface area contributed by atoms with Gasteiger partial charge in [-0.3, -0.25) is 9.59 Å². The van der Waals surface area contributed by atoms with Crippen LogP contribution in [-0.4, -0.2) is 16.6 Å². The molecule has 0 bridgehead atoms. The van der Waals surface area contributed by atoms with Crippen molar-refractivity contribution in [1.82, 2.24) is 4.98 Å². The first-order valence-electron chi connectivity index (χ1n) is 5.41. The zero-order valence-electron chi connectivity index (χ0n) is 9.24. The lowest BCUT2D eigenvalue weighted by Gasteiger charge is -2.16. The highest BCUT2D eigenvalue weighted by Gasteiger charge is 2.31. The predicted octanol–water partition coefficient (Wildman–Crippen LogP) is 3.04. The van der Waals surface area contributed by atoms with E-state index in [1.54, 1.807) is 42.7 Å². The van der Waals surface area contributed by atoms with Crippen LogP contribution in [0.25, 0.3) is 5.57 Å². The smallest absolute Gasteiger partial charge is 0.205 e. The van der Waals surface area contributed by atoms with Gasteiger partial charge in [0.25, 0.3) is 0 Å². The Balaban J connectivity index is 2.26. The number of aromatic amines is 1. The number of allylic oxidation sites excluding steroid dienone is 2. The van der Waals surface area contributed by atoms with E-state index in [0.29, 0.717) is 16.7 Å². The molecule has 1 N–H and O–H groups in total. The number of hydrogen-bond donors (Lipinski definition) is 1. The first kappa shape index (κ1) is 11.0. The van der Waals surface area contributed by atoms with Gasteiger partial charge < -0.3 is 4.98 Å². The lowest BCUT2D eigenvalue weighted by atomic mass is 9.87. The van der Waals surface area contributed by atoms with Crippen LogP contribution in [0.15, 0.2) is 47.8 Å². The molecule has 0 radical (unpaired) electrons. The Bertz CT molecular complexity index is 684. The van der Waals surface area contributed by atoms with Gasteiger partial charge in [0.05, 0.1) is 5.57 Å². The van der Waals surface area contributed by atoms with E-state index in [1.165, 1.54) is 0 Å². The van der Waals surface area contributed by atoms with Crippen LogP contribution in [0.3, 0.4) is 0 Å². The second-order valence-electron chi connectivity index (χ2n) is 3.99. The topological polar surface area (TPSA) is 49.9 Å². The zero-order chi connectivity index (χ0) is 12.7. The molecule has 1 aliphatic carbocycles. The van der Waals surface area contributed by atoms with Crippen molar-refractivity contribution in [2.24, 2.45) is 0 Å². The van der Waals surface area contributed by atoms with E-state index >= 15 is 0 Å². The van der Waals surface area contributed by atoms with Crippen molar-refractivity contribution in [3.8, 4) is 0 Å². The van der Waals surface area contributed by atoms with Crippen LogP contribution in [0.5, 0.6) is 0 Å². The maximum Gasteiger partial charge on any atom is 0.205 e. The summed E-state index contributed by atoms with van der Waals surface area (Å²) >= 11 is 6.04. The van der Waals surface area contributed by atoms with Crippen LogP contribution in [0, 0.1) is 0 Å². The molecule has 0 spiro atoms. The molecule has 18 heavy (non-hydrogen) atoms. The van der Waals surface area contributed by atoms with Crippen LogP contribution in [-0.2, 0) is 0 Å². The number of carbonyl (C=O) groups is 2. The van der Waals surface area contributed by atoms with E-state index in [4.69, 9.17) is 11.6 Å². The molecule has 0 aliphatic heterocycles. The molecule has 88 valence electrons. The van der Waals surface area contributed by atoms with Crippen molar-refractivity contribution in [2.45, 2.75) is 0 Å². The molecule has 0 saturated heterocycles. The number of nitrogens with one attached hydrogen (secondary N) is 1. The molecule has 2 aromatic rings. The van der Waals surface area contributed by atoms with E-state index in [9.17, 15) is 9.59 Å². The Hall–Kier alpha value is -2.13. The van der Waals surface area contributed by atoms with Gasteiger partial charge in [0.15, 0.2) is 5.78 Å². The second kappa shape index (κ2) is 3.96. The maximum absolute atomic E-state index is 12.4. The van der Waals surface area contributed by atoms with Gasteiger partial charge >= 0.3 is 0 Å². The molecular formula is C14H8ClNO2. The number of aromatic nitrogens is 1. The summed E-state index contributed by atoms with van der Waals surface area (Å²) in [7, 11) is 0. The Kier molecular flexibility index (Phi) is 2.42. The standard InChI is InChI=1S/C14H8ClNO2/c15-12-11(8-5-6-16-7-8)13(17)9-3-1-2-4-10(9)14(12)18/h1-7,16H. The van der Waals surface area contributed by atoms with Gasteiger partial charge in [0.2, 0.25) is 5.78 Å². The molecule has 1 aliphatic rings. The highest BCUT2D eigenvalue weighted by molar-refractivity contribution is 6.56. The van der Waals surface area contributed by atoms with E-state index in [2.05, 4.69) is 4.98 Å². The average molecular weight is 258 g/mol. The number of ketones is 2. The van der Waals surface area contributed by atoms with Crippen molar-refractivity contribution in [1.29, 1.82) is 0 Å². The van der Waals surface area contributed by atoms with E-state index in [-0.39, 0.29) is 22.2 Å². The Morgan fingerprint density at radius 1 is 0.944 bits per heavy atom. The van der Waals surface area contributed by atoms with Crippen LogP contribution >= 0.6 is 11.6 Å². The van der Waals surface area contributed by atoms with Crippen molar-refractivity contribution < 1.29 is 9.59 Å². The van der Waals surface area contributed by atoms with Crippen LogP contribution < -0.4 is 0 Å². The summed E-state index contributed by atoms with van der Waals surface area (Å²) in [5.41, 5.74) is 1.67. The van der Waals surface area contributed by atoms with E-state index < -0.39 is 0 Å². The number of carbonyl (C=O) groups excluding carboxylic acids is 2. The third kappa shape index (κ3) is 1.45. The quantitative estimate of drug-likeness (QED) is 0.854. The Morgan fingerprint density at radius 2 is 1.61 bits per heavy atom. The average Bonchev–Trinajstić information content (AvgIpc) is 2.90. The number of benzene rings is 1. The monoisotopic (exact) mass is 257 g/mol. The second-order valence-corrected chi connectivity index (χ2v) is 4.37. The van der Waals surface area contributed by atoms with Crippen molar-refractivity contribution in [3.63, 3.8) is 0 Å². The first-order valence-corrected chi connectivity index (χ1v) is 5.79. The molecule has 0 fully saturated rings. The Labute approximate surface area is 108 Å². The number of hydrogen-bond acceptors (Lipinski definition) is 2. The number of Topliss-reactive ketones (excluding diaryl/α,β-unsaturated/α-hetero) is 2. The summed E-state index contributed by atoms with van der Waals surface area (Å²) in [5, 5.41) is -0.0155. The molecule has 0 saturated carbocycles. The van der Waals surface area contributed by atoms with Crippen molar-refractivity contribution >= 4 is 28.7 Å². The van der Waals surface area contributed by atoms with Gasteiger partial charge in [-0.1, -0.05) is 35.9 Å². The molecule has 3 rings (SSSR count). The molecule has 0 amide bonds. The third-order valence-electron chi connectivity index (χ3n) is 2.95. The number of rotatable bonds is 1. The molecule has 4 heteroatoms. The molecule has 0 atom stereocenters. The highest BCUT2D eigenvalue weighted by Crippen LogP contribution is 2.33. The maximum atomic E-state index is 12.4. The minimum atomic E-state index is -0.303. The molecule has 0 unspecified atom stereocenters. The fourth-order valence-corrected chi connectivity index (χ4v) is 2.38. The van der Waals surface area contributed by atoms with E-state index in [0.717, 1.165) is 0 Å². The van der Waals surface area contributed by atoms with Crippen molar-refractivity contribution in [3.05, 3.63) is 64.4 Å². The minimum Gasteiger partial charge on any atom is -0.367 e. The summed E-state index contributed by atoms with van der Waals surface area (Å²) in [6.45, 7) is 0. The Morgan fingerprint density at radius 3 is 2.22 bits per heavy atom. The summed E-state index contributed by atoms with van der Waals surface area (Å²) in [6.07, 6.45) is 3.33. The summed E-state index contributed by atoms with van der Waals surface area (Å²) in [5.74, 6) is -0.516.